The molecule has 0 N–H and O–H groups in total. The Morgan fingerprint density at radius 3 is 2.50 bits per heavy atom. The Morgan fingerprint density at radius 1 is 1.33 bits per heavy atom. The largest absolute Gasteiger partial charge is 0.0587 e. The maximum atomic E-state index is 3.42. The maximum absolute atomic E-state index is 3.42. The summed E-state index contributed by atoms with van der Waals surface area (Å²) in [6, 6.07) is 6.48. The van der Waals surface area contributed by atoms with E-state index in [-0.39, 0.29) is 0 Å². The Bertz CT molecular complexity index is 307. The summed E-state index contributed by atoms with van der Waals surface area (Å²) in [5.74, 6) is 0. The van der Waals surface area contributed by atoms with Crippen molar-refractivity contribution in [3.63, 3.8) is 0 Å². The zero-order chi connectivity index (χ0) is 9.14. The maximum Gasteiger partial charge on any atom is -0.00744 e. The molecule has 0 saturated heterocycles. The molecule has 0 unspecified atom stereocenters. The number of hydrogen-bond acceptors (Lipinski definition) is 0. The molecule has 0 bridgehead atoms. The third kappa shape index (κ3) is 2.49. The van der Waals surface area contributed by atoms with Crippen molar-refractivity contribution in [3.8, 4) is 0 Å². The van der Waals surface area contributed by atoms with E-state index in [1.165, 1.54) is 16.7 Å². The molecule has 0 amide bonds. The Morgan fingerprint density at radius 2 is 2.00 bits per heavy atom. The number of rotatable bonds is 1. The molecular weight excluding hydrogens is 212 g/mol. The Kier molecular flexibility index (Phi) is 3.10. The molecule has 1 rings (SSSR count). The van der Waals surface area contributed by atoms with Gasteiger partial charge in [0.1, 0.15) is 0 Å². The fourth-order valence-electron chi connectivity index (χ4n) is 1.20. The molecule has 1 heteroatoms. The van der Waals surface area contributed by atoms with E-state index in [9.17, 15) is 0 Å². The second-order valence-corrected chi connectivity index (χ2v) is 4.34. The minimum atomic E-state index is 1.16. The first-order valence-corrected chi connectivity index (χ1v) is 4.80. The molecule has 0 aromatic heterocycles. The SMILES string of the molecule is C/C(Br)=C\c1ccc(C)cc1C. The molecule has 0 fully saturated rings. The minimum Gasteiger partial charge on any atom is -0.0587 e. The first-order valence-electron chi connectivity index (χ1n) is 4.00. The second-order valence-electron chi connectivity index (χ2n) is 3.09. The summed E-state index contributed by atoms with van der Waals surface area (Å²) in [5, 5.41) is 0. The Balaban J connectivity index is 3.10. The van der Waals surface area contributed by atoms with Gasteiger partial charge in [0.05, 0.1) is 0 Å². The molecule has 0 nitrogen and oxygen atoms in total. The normalized spacial score (nSPS) is 11.8. The van der Waals surface area contributed by atoms with E-state index in [2.05, 4.69) is 54.1 Å². The molecule has 0 radical (unpaired) electrons. The van der Waals surface area contributed by atoms with Crippen LogP contribution in [0.4, 0.5) is 0 Å². The van der Waals surface area contributed by atoms with E-state index in [0.717, 1.165) is 4.48 Å². The van der Waals surface area contributed by atoms with Crippen molar-refractivity contribution in [3.05, 3.63) is 39.4 Å². The van der Waals surface area contributed by atoms with Crippen LogP contribution in [0.1, 0.15) is 23.6 Å². The summed E-state index contributed by atoms with van der Waals surface area (Å²) in [6.45, 7) is 6.29. The lowest BCUT2D eigenvalue weighted by Crippen LogP contribution is -1.81. The van der Waals surface area contributed by atoms with Gasteiger partial charge in [-0.3, -0.25) is 0 Å². The van der Waals surface area contributed by atoms with E-state index in [4.69, 9.17) is 0 Å². The highest BCUT2D eigenvalue weighted by molar-refractivity contribution is 9.11. The summed E-state index contributed by atoms with van der Waals surface area (Å²) in [4.78, 5) is 0. The highest BCUT2D eigenvalue weighted by Gasteiger charge is 1.94. The Labute approximate surface area is 82.4 Å². The van der Waals surface area contributed by atoms with Crippen LogP contribution in [-0.2, 0) is 0 Å². The van der Waals surface area contributed by atoms with Crippen molar-refractivity contribution < 1.29 is 0 Å². The standard InChI is InChI=1S/C11H13Br/c1-8-4-5-11(7-10(3)12)9(2)6-8/h4-7H,1-3H3/b10-7+. The van der Waals surface area contributed by atoms with Crippen LogP contribution >= 0.6 is 15.9 Å². The van der Waals surface area contributed by atoms with Crippen LogP contribution in [0.25, 0.3) is 6.08 Å². The summed E-state index contributed by atoms with van der Waals surface area (Å²) in [6.07, 6.45) is 2.13. The number of allylic oxidation sites excluding steroid dienone is 1. The molecule has 0 aliphatic heterocycles. The third-order valence-electron chi connectivity index (χ3n) is 1.78. The Hall–Kier alpha value is -0.560. The quantitative estimate of drug-likeness (QED) is 0.676. The van der Waals surface area contributed by atoms with Gasteiger partial charge in [0, 0.05) is 0 Å². The van der Waals surface area contributed by atoms with Crippen LogP contribution in [0.5, 0.6) is 0 Å². The van der Waals surface area contributed by atoms with E-state index < -0.39 is 0 Å². The number of halogens is 1. The lowest BCUT2D eigenvalue weighted by atomic mass is 10.1. The van der Waals surface area contributed by atoms with Crippen LogP contribution in [-0.4, -0.2) is 0 Å². The van der Waals surface area contributed by atoms with Crippen LogP contribution < -0.4 is 0 Å². The smallest absolute Gasteiger partial charge is 0.00744 e. The van der Waals surface area contributed by atoms with Gasteiger partial charge < -0.3 is 0 Å². The highest BCUT2D eigenvalue weighted by atomic mass is 79.9. The van der Waals surface area contributed by atoms with Gasteiger partial charge >= 0.3 is 0 Å². The van der Waals surface area contributed by atoms with Crippen LogP contribution in [0.3, 0.4) is 0 Å². The van der Waals surface area contributed by atoms with Gasteiger partial charge in [0.25, 0.3) is 0 Å². The zero-order valence-electron chi connectivity index (χ0n) is 7.69. The van der Waals surface area contributed by atoms with Crippen LogP contribution in [0.15, 0.2) is 22.7 Å². The van der Waals surface area contributed by atoms with Crippen molar-refractivity contribution in [2.24, 2.45) is 0 Å². The topological polar surface area (TPSA) is 0 Å². The van der Waals surface area contributed by atoms with Gasteiger partial charge in [0.2, 0.25) is 0 Å². The number of aryl methyl sites for hydroxylation is 2. The van der Waals surface area contributed by atoms with E-state index in [1.807, 2.05) is 6.92 Å². The predicted octanol–water partition coefficient (Wildman–Crippen LogP) is 4.06. The molecule has 1 aromatic rings. The van der Waals surface area contributed by atoms with Crippen molar-refractivity contribution in [1.29, 1.82) is 0 Å². The van der Waals surface area contributed by atoms with Gasteiger partial charge in [0.15, 0.2) is 0 Å². The first kappa shape index (κ1) is 9.53. The summed E-state index contributed by atoms with van der Waals surface area (Å²) in [7, 11) is 0. The molecule has 0 spiro atoms. The molecular formula is C11H13Br. The molecule has 0 heterocycles. The first-order chi connectivity index (χ1) is 5.59. The predicted molar refractivity (Wildman–Crippen MR) is 58.5 cm³/mol. The monoisotopic (exact) mass is 224 g/mol. The van der Waals surface area contributed by atoms with Gasteiger partial charge in [-0.15, -0.1) is 0 Å². The van der Waals surface area contributed by atoms with Crippen molar-refractivity contribution in [2.75, 3.05) is 0 Å². The zero-order valence-corrected chi connectivity index (χ0v) is 9.27. The fraction of sp³-hybridized carbons (Fsp3) is 0.273. The number of benzene rings is 1. The summed E-state index contributed by atoms with van der Waals surface area (Å²) >= 11 is 3.42. The average molecular weight is 225 g/mol. The van der Waals surface area contributed by atoms with E-state index in [0.29, 0.717) is 0 Å². The molecule has 0 aliphatic carbocycles. The van der Waals surface area contributed by atoms with Gasteiger partial charge in [-0.1, -0.05) is 39.7 Å². The third-order valence-corrected chi connectivity index (χ3v) is 2.01. The molecule has 64 valence electrons. The van der Waals surface area contributed by atoms with Gasteiger partial charge in [-0.2, -0.15) is 0 Å². The fourth-order valence-corrected chi connectivity index (χ4v) is 1.45. The molecule has 0 saturated carbocycles. The average Bonchev–Trinajstić information content (AvgIpc) is 1.94. The molecule has 0 aliphatic rings. The van der Waals surface area contributed by atoms with Crippen molar-refractivity contribution in [2.45, 2.75) is 20.8 Å². The summed E-state index contributed by atoms with van der Waals surface area (Å²) in [5.41, 5.74) is 3.93. The molecule has 12 heavy (non-hydrogen) atoms. The highest BCUT2D eigenvalue weighted by Crippen LogP contribution is 2.16. The van der Waals surface area contributed by atoms with Crippen molar-refractivity contribution in [1.82, 2.24) is 0 Å². The van der Waals surface area contributed by atoms with E-state index in [1.54, 1.807) is 0 Å². The number of hydrogen-bond donors (Lipinski definition) is 0. The molecule has 0 atom stereocenters. The molecule has 1 aromatic carbocycles. The van der Waals surface area contributed by atoms with Gasteiger partial charge in [-0.25, -0.2) is 0 Å². The minimum absolute atomic E-state index is 1.16. The van der Waals surface area contributed by atoms with E-state index >= 15 is 0 Å². The van der Waals surface area contributed by atoms with Crippen LogP contribution in [0, 0.1) is 13.8 Å². The van der Waals surface area contributed by atoms with Crippen molar-refractivity contribution >= 4 is 22.0 Å². The summed E-state index contributed by atoms with van der Waals surface area (Å²) < 4.78 is 1.16. The second kappa shape index (κ2) is 3.90. The lowest BCUT2D eigenvalue weighted by molar-refractivity contribution is 1.37. The van der Waals surface area contributed by atoms with Crippen LogP contribution in [0.2, 0.25) is 0 Å². The lowest BCUT2D eigenvalue weighted by Gasteiger charge is -2.01. The van der Waals surface area contributed by atoms with Gasteiger partial charge in [-0.05, 0) is 42.5 Å².